The second-order valence-electron chi connectivity index (χ2n) is 7.56. The molecule has 0 spiro atoms. The molecule has 0 amide bonds. The highest BCUT2D eigenvalue weighted by molar-refractivity contribution is 5.52. The Hall–Kier alpha value is -3.01. The van der Waals surface area contributed by atoms with E-state index in [0.717, 1.165) is 23.1 Å². The SMILES string of the molecule is CC(C)(C/C=C/c1cccc(Oc2ccccc2)c1)c1cccc(C(F)(F)F)c1. The Morgan fingerprint density at radius 3 is 2.14 bits per heavy atom. The molecule has 0 aliphatic heterocycles. The first-order valence-corrected chi connectivity index (χ1v) is 9.41. The van der Waals surface area contributed by atoms with Crippen molar-refractivity contribution in [2.75, 3.05) is 0 Å². The molecule has 29 heavy (non-hydrogen) atoms. The molecule has 0 N–H and O–H groups in total. The van der Waals surface area contributed by atoms with Gasteiger partial charge in [-0.05, 0) is 53.3 Å². The van der Waals surface area contributed by atoms with E-state index in [2.05, 4.69) is 0 Å². The Morgan fingerprint density at radius 1 is 0.759 bits per heavy atom. The summed E-state index contributed by atoms with van der Waals surface area (Å²) in [4.78, 5) is 0. The summed E-state index contributed by atoms with van der Waals surface area (Å²) in [6.45, 7) is 3.89. The van der Waals surface area contributed by atoms with Gasteiger partial charge in [0.15, 0.2) is 0 Å². The Bertz CT molecular complexity index is 973. The van der Waals surface area contributed by atoms with Crippen LogP contribution in [-0.4, -0.2) is 0 Å². The number of ether oxygens (including phenoxy) is 1. The predicted octanol–water partition coefficient (Wildman–Crippen LogP) is 7.88. The van der Waals surface area contributed by atoms with Gasteiger partial charge in [-0.3, -0.25) is 0 Å². The third kappa shape index (κ3) is 5.74. The van der Waals surface area contributed by atoms with Crippen molar-refractivity contribution in [2.24, 2.45) is 0 Å². The van der Waals surface area contributed by atoms with Crippen LogP contribution in [0.15, 0.2) is 84.9 Å². The summed E-state index contributed by atoms with van der Waals surface area (Å²) in [5.74, 6) is 1.50. The number of hydrogen-bond donors (Lipinski definition) is 0. The average Bonchev–Trinajstić information content (AvgIpc) is 2.68. The van der Waals surface area contributed by atoms with Crippen molar-refractivity contribution in [3.05, 3.63) is 102 Å². The van der Waals surface area contributed by atoms with Crippen LogP contribution in [0.2, 0.25) is 0 Å². The van der Waals surface area contributed by atoms with Crippen LogP contribution in [0.3, 0.4) is 0 Å². The molecule has 0 saturated carbocycles. The highest BCUT2D eigenvalue weighted by Gasteiger charge is 2.31. The molecule has 0 aliphatic carbocycles. The fraction of sp³-hybridized carbons (Fsp3) is 0.200. The first-order valence-electron chi connectivity index (χ1n) is 9.41. The lowest BCUT2D eigenvalue weighted by molar-refractivity contribution is -0.137. The second kappa shape index (κ2) is 8.56. The quantitative estimate of drug-likeness (QED) is 0.412. The van der Waals surface area contributed by atoms with Crippen LogP contribution in [-0.2, 0) is 11.6 Å². The molecule has 0 atom stereocenters. The van der Waals surface area contributed by atoms with Crippen LogP contribution in [0.1, 0.15) is 37.0 Å². The largest absolute Gasteiger partial charge is 0.457 e. The third-order valence-electron chi connectivity index (χ3n) is 4.75. The predicted molar refractivity (Wildman–Crippen MR) is 111 cm³/mol. The molecule has 0 heterocycles. The second-order valence-corrected chi connectivity index (χ2v) is 7.56. The minimum Gasteiger partial charge on any atom is -0.457 e. The van der Waals surface area contributed by atoms with Crippen molar-refractivity contribution in [2.45, 2.75) is 31.9 Å². The van der Waals surface area contributed by atoms with Gasteiger partial charge in [-0.25, -0.2) is 0 Å². The molecule has 1 nitrogen and oxygen atoms in total. The number of benzene rings is 3. The van der Waals surface area contributed by atoms with Gasteiger partial charge in [-0.15, -0.1) is 0 Å². The normalized spacial score (nSPS) is 12.3. The molecule has 150 valence electrons. The summed E-state index contributed by atoms with van der Waals surface area (Å²) in [5.41, 5.74) is 0.602. The fourth-order valence-corrected chi connectivity index (χ4v) is 3.03. The van der Waals surface area contributed by atoms with E-state index in [1.807, 2.05) is 80.6 Å². The summed E-state index contributed by atoms with van der Waals surface area (Å²) >= 11 is 0. The number of halogens is 3. The van der Waals surface area contributed by atoms with Gasteiger partial charge >= 0.3 is 6.18 Å². The van der Waals surface area contributed by atoms with Gasteiger partial charge in [0.05, 0.1) is 5.56 Å². The maximum Gasteiger partial charge on any atom is 0.416 e. The zero-order chi connectivity index (χ0) is 20.9. The third-order valence-corrected chi connectivity index (χ3v) is 4.75. The summed E-state index contributed by atoms with van der Waals surface area (Å²) in [6, 6.07) is 22.8. The van der Waals surface area contributed by atoms with E-state index in [9.17, 15) is 13.2 Å². The minimum absolute atomic E-state index is 0.421. The summed E-state index contributed by atoms with van der Waals surface area (Å²) < 4.78 is 44.8. The lowest BCUT2D eigenvalue weighted by Gasteiger charge is -2.24. The lowest BCUT2D eigenvalue weighted by Crippen LogP contribution is -2.17. The number of hydrogen-bond acceptors (Lipinski definition) is 1. The first kappa shape index (κ1) is 20.7. The monoisotopic (exact) mass is 396 g/mol. The van der Waals surface area contributed by atoms with Gasteiger partial charge in [0, 0.05) is 0 Å². The van der Waals surface area contributed by atoms with E-state index in [1.165, 1.54) is 12.1 Å². The van der Waals surface area contributed by atoms with Gasteiger partial charge in [0.2, 0.25) is 0 Å². The number of allylic oxidation sites excluding steroid dienone is 1. The van der Waals surface area contributed by atoms with Gasteiger partial charge in [-0.1, -0.05) is 74.5 Å². The maximum atomic E-state index is 13.0. The van der Waals surface area contributed by atoms with Crippen molar-refractivity contribution in [3.63, 3.8) is 0 Å². The standard InChI is InChI=1S/C25H23F3O/c1-24(2,20-11-7-12-21(18-20)25(26,27)28)16-8-10-19-9-6-15-23(17-19)29-22-13-4-3-5-14-22/h3-15,17-18H,16H2,1-2H3/b10-8+. The highest BCUT2D eigenvalue weighted by atomic mass is 19.4. The average molecular weight is 396 g/mol. The summed E-state index contributed by atoms with van der Waals surface area (Å²) in [6.07, 6.45) is 0.230. The van der Waals surface area contributed by atoms with E-state index >= 15 is 0 Å². The van der Waals surface area contributed by atoms with Gasteiger partial charge in [0.1, 0.15) is 11.5 Å². The zero-order valence-corrected chi connectivity index (χ0v) is 16.4. The molecule has 3 rings (SSSR count). The van der Waals surface area contributed by atoms with Crippen molar-refractivity contribution < 1.29 is 17.9 Å². The molecule has 0 bridgehead atoms. The topological polar surface area (TPSA) is 9.23 Å². The van der Waals surface area contributed by atoms with E-state index in [-0.39, 0.29) is 0 Å². The van der Waals surface area contributed by atoms with Gasteiger partial charge < -0.3 is 4.74 Å². The lowest BCUT2D eigenvalue weighted by atomic mass is 9.80. The van der Waals surface area contributed by atoms with Crippen LogP contribution in [0, 0.1) is 0 Å². The molecular formula is C25H23F3O. The molecule has 0 radical (unpaired) electrons. The molecule has 3 aromatic carbocycles. The number of para-hydroxylation sites is 1. The van der Waals surface area contributed by atoms with Crippen LogP contribution in [0.25, 0.3) is 6.08 Å². The molecular weight excluding hydrogens is 373 g/mol. The van der Waals surface area contributed by atoms with E-state index in [1.54, 1.807) is 6.07 Å². The Kier molecular flexibility index (Phi) is 6.12. The smallest absolute Gasteiger partial charge is 0.416 e. The molecule has 0 fully saturated rings. The van der Waals surface area contributed by atoms with E-state index < -0.39 is 17.2 Å². The molecule has 0 aromatic heterocycles. The Morgan fingerprint density at radius 2 is 1.41 bits per heavy atom. The van der Waals surface area contributed by atoms with Crippen molar-refractivity contribution in [1.82, 2.24) is 0 Å². The zero-order valence-electron chi connectivity index (χ0n) is 16.4. The van der Waals surface area contributed by atoms with Crippen molar-refractivity contribution in [1.29, 1.82) is 0 Å². The van der Waals surface area contributed by atoms with Crippen LogP contribution >= 0.6 is 0 Å². The Balaban J connectivity index is 1.70. The summed E-state index contributed by atoms with van der Waals surface area (Å²) in [7, 11) is 0. The molecule has 0 unspecified atom stereocenters. The minimum atomic E-state index is -4.33. The summed E-state index contributed by atoms with van der Waals surface area (Å²) in [5, 5.41) is 0. The molecule has 4 heteroatoms. The van der Waals surface area contributed by atoms with Crippen molar-refractivity contribution in [3.8, 4) is 11.5 Å². The highest BCUT2D eigenvalue weighted by Crippen LogP contribution is 2.34. The van der Waals surface area contributed by atoms with E-state index in [4.69, 9.17) is 4.74 Å². The number of rotatable bonds is 6. The Labute approximate surface area is 169 Å². The van der Waals surface area contributed by atoms with Crippen LogP contribution < -0.4 is 4.74 Å². The van der Waals surface area contributed by atoms with Crippen molar-refractivity contribution >= 4 is 6.08 Å². The molecule has 3 aromatic rings. The molecule has 0 aliphatic rings. The first-order chi connectivity index (χ1) is 13.7. The fourth-order valence-electron chi connectivity index (χ4n) is 3.03. The maximum absolute atomic E-state index is 13.0. The number of alkyl halides is 3. The van der Waals surface area contributed by atoms with Gasteiger partial charge in [-0.2, -0.15) is 13.2 Å². The van der Waals surface area contributed by atoms with Crippen LogP contribution in [0.5, 0.6) is 11.5 Å². The molecule has 0 saturated heterocycles. The van der Waals surface area contributed by atoms with Crippen LogP contribution in [0.4, 0.5) is 13.2 Å². The van der Waals surface area contributed by atoms with Gasteiger partial charge in [0.25, 0.3) is 0 Å². The van der Waals surface area contributed by atoms with E-state index in [0.29, 0.717) is 12.0 Å².